The molecule has 0 aliphatic rings. The average Bonchev–Trinajstić information content (AvgIpc) is 2.62. The molecule has 2 aromatic carbocycles. The van der Waals surface area contributed by atoms with Gasteiger partial charge in [-0.2, -0.15) is 0 Å². The third-order valence-corrected chi connectivity index (χ3v) is 3.32. The van der Waals surface area contributed by atoms with Gasteiger partial charge in [-0.05, 0) is 12.1 Å². The molecule has 124 valence electrons. The number of hydrogen-bond donors (Lipinski definition) is 1. The van der Waals surface area contributed by atoms with E-state index in [1.54, 1.807) is 30.3 Å². The summed E-state index contributed by atoms with van der Waals surface area (Å²) in [5, 5.41) is 24.6. The summed E-state index contributed by atoms with van der Waals surface area (Å²) in [7, 11) is 0. The highest BCUT2D eigenvalue weighted by atomic mass is 16.6. The number of nitro benzene ring substituents is 2. The van der Waals surface area contributed by atoms with Crippen LogP contribution in [0.25, 0.3) is 11.3 Å². The van der Waals surface area contributed by atoms with Crippen molar-refractivity contribution in [3.8, 4) is 11.3 Å². The van der Waals surface area contributed by atoms with Crippen LogP contribution in [0.3, 0.4) is 0 Å². The van der Waals surface area contributed by atoms with Crippen molar-refractivity contribution in [1.29, 1.82) is 0 Å². The van der Waals surface area contributed by atoms with Gasteiger partial charge in [0, 0.05) is 41.7 Å². The van der Waals surface area contributed by atoms with E-state index in [0.717, 1.165) is 0 Å². The maximum absolute atomic E-state index is 10.9. The molecule has 1 aromatic heterocycles. The van der Waals surface area contributed by atoms with Crippen molar-refractivity contribution in [3.63, 3.8) is 0 Å². The van der Waals surface area contributed by atoms with Crippen LogP contribution < -0.4 is 5.32 Å². The second-order valence-corrected chi connectivity index (χ2v) is 5.01. The summed E-state index contributed by atoms with van der Waals surface area (Å²) in [6.45, 7) is 0. The largest absolute Gasteiger partial charge is 0.324 e. The van der Waals surface area contributed by atoms with E-state index in [1.165, 1.54) is 30.5 Å². The Labute approximate surface area is 141 Å². The first kappa shape index (κ1) is 16.0. The minimum absolute atomic E-state index is 0.0377. The highest BCUT2D eigenvalue weighted by molar-refractivity contribution is 5.65. The van der Waals surface area contributed by atoms with Gasteiger partial charge in [-0.1, -0.05) is 18.2 Å². The van der Waals surface area contributed by atoms with Gasteiger partial charge >= 0.3 is 0 Å². The maximum Gasteiger partial charge on any atom is 0.271 e. The molecule has 0 aliphatic carbocycles. The van der Waals surface area contributed by atoms with Crippen LogP contribution in [0.4, 0.5) is 23.0 Å². The molecule has 9 heteroatoms. The fourth-order valence-electron chi connectivity index (χ4n) is 2.18. The summed E-state index contributed by atoms with van der Waals surface area (Å²) in [5.41, 5.74) is 1.43. The fourth-order valence-corrected chi connectivity index (χ4v) is 2.18. The molecule has 9 nitrogen and oxygen atoms in total. The van der Waals surface area contributed by atoms with Crippen LogP contribution in [0, 0.1) is 20.2 Å². The number of nitrogens with zero attached hydrogens (tertiary/aromatic N) is 4. The zero-order valence-corrected chi connectivity index (χ0v) is 12.7. The number of rotatable bonds is 5. The Balaban J connectivity index is 1.89. The Hall–Kier alpha value is -3.88. The van der Waals surface area contributed by atoms with Crippen LogP contribution in [-0.2, 0) is 0 Å². The van der Waals surface area contributed by atoms with E-state index >= 15 is 0 Å². The Morgan fingerprint density at radius 2 is 1.56 bits per heavy atom. The van der Waals surface area contributed by atoms with Crippen LogP contribution >= 0.6 is 0 Å². The standard InChI is InChI=1S/C16H11N5O4/c22-20(23)13-5-1-3-11(9-13)15-7-8-17-16(19-15)18-12-4-2-6-14(10-12)21(24)25/h1-10H,(H,17,18,19). The topological polar surface area (TPSA) is 124 Å². The van der Waals surface area contributed by atoms with Crippen molar-refractivity contribution in [2.24, 2.45) is 0 Å². The first-order chi connectivity index (χ1) is 12.0. The van der Waals surface area contributed by atoms with Crippen LogP contribution in [0.2, 0.25) is 0 Å². The summed E-state index contributed by atoms with van der Waals surface area (Å²) in [4.78, 5) is 29.1. The van der Waals surface area contributed by atoms with Crippen LogP contribution in [0.15, 0.2) is 60.8 Å². The minimum atomic E-state index is -0.494. The molecular formula is C16H11N5O4. The van der Waals surface area contributed by atoms with E-state index in [0.29, 0.717) is 16.9 Å². The van der Waals surface area contributed by atoms with E-state index in [9.17, 15) is 20.2 Å². The lowest BCUT2D eigenvalue weighted by atomic mass is 10.1. The number of benzene rings is 2. The van der Waals surface area contributed by atoms with Gasteiger partial charge < -0.3 is 5.32 Å². The lowest BCUT2D eigenvalue weighted by Gasteiger charge is -2.06. The molecule has 3 aromatic rings. The number of nitrogens with one attached hydrogen (secondary N) is 1. The Kier molecular flexibility index (Phi) is 4.29. The molecule has 0 radical (unpaired) electrons. The smallest absolute Gasteiger partial charge is 0.271 e. The van der Waals surface area contributed by atoms with Gasteiger partial charge in [-0.25, -0.2) is 9.97 Å². The van der Waals surface area contributed by atoms with E-state index < -0.39 is 9.85 Å². The normalized spacial score (nSPS) is 10.2. The summed E-state index contributed by atoms with van der Waals surface area (Å²) in [6, 6.07) is 13.6. The molecule has 1 heterocycles. The molecular weight excluding hydrogens is 326 g/mol. The lowest BCUT2D eigenvalue weighted by molar-refractivity contribution is -0.385. The minimum Gasteiger partial charge on any atom is -0.324 e. The first-order valence-corrected chi connectivity index (χ1v) is 7.12. The Bertz CT molecular complexity index is 961. The second kappa shape index (κ2) is 6.71. The lowest BCUT2D eigenvalue weighted by Crippen LogP contribution is -1.99. The van der Waals surface area contributed by atoms with E-state index in [2.05, 4.69) is 15.3 Å². The van der Waals surface area contributed by atoms with Gasteiger partial charge in [0.05, 0.1) is 15.5 Å². The number of hydrogen-bond acceptors (Lipinski definition) is 7. The monoisotopic (exact) mass is 337 g/mol. The predicted molar refractivity (Wildman–Crippen MR) is 90.5 cm³/mol. The molecule has 3 rings (SSSR count). The van der Waals surface area contributed by atoms with Crippen molar-refractivity contribution >= 4 is 23.0 Å². The first-order valence-electron chi connectivity index (χ1n) is 7.12. The fraction of sp³-hybridized carbons (Fsp3) is 0. The summed E-state index contributed by atoms with van der Waals surface area (Å²) >= 11 is 0. The van der Waals surface area contributed by atoms with Crippen LogP contribution in [0.1, 0.15) is 0 Å². The molecule has 0 saturated heterocycles. The molecule has 25 heavy (non-hydrogen) atoms. The van der Waals surface area contributed by atoms with Crippen molar-refractivity contribution in [3.05, 3.63) is 81.0 Å². The second-order valence-electron chi connectivity index (χ2n) is 5.01. The molecule has 0 atom stereocenters. The third-order valence-electron chi connectivity index (χ3n) is 3.32. The van der Waals surface area contributed by atoms with Gasteiger partial charge in [0.2, 0.25) is 5.95 Å². The zero-order valence-electron chi connectivity index (χ0n) is 12.7. The highest BCUT2D eigenvalue weighted by Crippen LogP contribution is 2.24. The summed E-state index contributed by atoms with van der Waals surface area (Å²) in [6.07, 6.45) is 1.50. The van der Waals surface area contributed by atoms with Gasteiger partial charge in [0.25, 0.3) is 11.4 Å². The van der Waals surface area contributed by atoms with Crippen LogP contribution in [-0.4, -0.2) is 19.8 Å². The number of anilines is 2. The zero-order chi connectivity index (χ0) is 17.8. The van der Waals surface area contributed by atoms with E-state index in [1.807, 2.05) is 0 Å². The molecule has 0 amide bonds. The highest BCUT2D eigenvalue weighted by Gasteiger charge is 2.10. The summed E-state index contributed by atoms with van der Waals surface area (Å²) in [5.74, 6) is 0.226. The van der Waals surface area contributed by atoms with Crippen LogP contribution in [0.5, 0.6) is 0 Å². The molecule has 0 aliphatic heterocycles. The molecule has 0 fully saturated rings. The van der Waals surface area contributed by atoms with Gasteiger partial charge in [0.15, 0.2) is 0 Å². The van der Waals surface area contributed by atoms with Crippen molar-refractivity contribution in [2.75, 3.05) is 5.32 Å². The molecule has 0 bridgehead atoms. The quantitative estimate of drug-likeness (QED) is 0.556. The molecule has 1 N–H and O–H groups in total. The van der Waals surface area contributed by atoms with E-state index in [4.69, 9.17) is 0 Å². The molecule has 0 saturated carbocycles. The predicted octanol–water partition coefficient (Wildman–Crippen LogP) is 3.70. The van der Waals surface area contributed by atoms with Crippen molar-refractivity contribution in [1.82, 2.24) is 9.97 Å². The van der Waals surface area contributed by atoms with Gasteiger partial charge in [-0.3, -0.25) is 20.2 Å². The molecule has 0 unspecified atom stereocenters. The van der Waals surface area contributed by atoms with Gasteiger partial charge in [-0.15, -0.1) is 0 Å². The average molecular weight is 337 g/mol. The van der Waals surface area contributed by atoms with E-state index in [-0.39, 0.29) is 17.3 Å². The Morgan fingerprint density at radius 3 is 2.28 bits per heavy atom. The maximum atomic E-state index is 10.9. The summed E-state index contributed by atoms with van der Waals surface area (Å²) < 4.78 is 0. The SMILES string of the molecule is O=[N+]([O-])c1cccc(Nc2nccc(-c3cccc([N+](=O)[O-])c3)n2)c1. The Morgan fingerprint density at radius 1 is 0.880 bits per heavy atom. The molecule has 0 spiro atoms. The van der Waals surface area contributed by atoms with Crippen molar-refractivity contribution in [2.45, 2.75) is 0 Å². The third kappa shape index (κ3) is 3.72. The van der Waals surface area contributed by atoms with Gasteiger partial charge in [0.1, 0.15) is 0 Å². The van der Waals surface area contributed by atoms with Crippen molar-refractivity contribution < 1.29 is 9.85 Å². The number of non-ortho nitro benzene ring substituents is 2. The number of nitro groups is 2. The number of aromatic nitrogens is 2.